The molecule has 0 heterocycles. The Morgan fingerprint density at radius 1 is 1.30 bits per heavy atom. The first-order valence-electron chi connectivity index (χ1n) is 6.71. The highest BCUT2D eigenvalue weighted by atomic mass is 79.9. The number of halogens is 1. The zero-order valence-electron chi connectivity index (χ0n) is 12.2. The van der Waals surface area contributed by atoms with Crippen LogP contribution in [-0.2, 0) is 4.74 Å². The standard InChI is InChI=1S/C15H22BrNO3/c1-11(2)20-14-6-4-12(5-7-14)15(18)17-9-8-13(16)10-19-3/h4-7,11,13H,8-10H2,1-3H3,(H,17,18). The largest absolute Gasteiger partial charge is 0.491 e. The van der Waals surface area contributed by atoms with Crippen molar-refractivity contribution in [3.63, 3.8) is 0 Å². The van der Waals surface area contributed by atoms with Gasteiger partial charge in [0.15, 0.2) is 0 Å². The van der Waals surface area contributed by atoms with Gasteiger partial charge in [-0.2, -0.15) is 0 Å². The third kappa shape index (κ3) is 6.39. The maximum absolute atomic E-state index is 11.9. The molecule has 5 heteroatoms. The predicted octanol–water partition coefficient (Wildman–Crippen LogP) is 3.00. The molecule has 1 N–H and O–H groups in total. The lowest BCUT2D eigenvalue weighted by atomic mass is 10.2. The zero-order valence-corrected chi connectivity index (χ0v) is 13.8. The average Bonchev–Trinajstić information content (AvgIpc) is 2.39. The Hall–Kier alpha value is -1.07. The number of nitrogens with one attached hydrogen (secondary N) is 1. The highest BCUT2D eigenvalue weighted by molar-refractivity contribution is 9.09. The molecule has 0 bridgehead atoms. The van der Waals surface area contributed by atoms with E-state index in [2.05, 4.69) is 21.2 Å². The topological polar surface area (TPSA) is 47.6 Å². The Bertz CT molecular complexity index is 406. The van der Waals surface area contributed by atoms with Crippen molar-refractivity contribution in [1.82, 2.24) is 5.32 Å². The van der Waals surface area contributed by atoms with Crippen molar-refractivity contribution in [3.05, 3.63) is 29.8 Å². The fraction of sp³-hybridized carbons (Fsp3) is 0.533. The fourth-order valence-corrected chi connectivity index (χ4v) is 2.16. The molecule has 0 spiro atoms. The molecule has 0 saturated heterocycles. The van der Waals surface area contributed by atoms with Gasteiger partial charge in [-0.15, -0.1) is 0 Å². The van der Waals surface area contributed by atoms with Crippen molar-refractivity contribution >= 4 is 21.8 Å². The van der Waals surface area contributed by atoms with Crippen LogP contribution >= 0.6 is 15.9 Å². The fourth-order valence-electron chi connectivity index (χ4n) is 1.67. The maximum Gasteiger partial charge on any atom is 0.251 e. The molecule has 4 nitrogen and oxygen atoms in total. The predicted molar refractivity (Wildman–Crippen MR) is 83.7 cm³/mol. The smallest absolute Gasteiger partial charge is 0.251 e. The summed E-state index contributed by atoms with van der Waals surface area (Å²) in [6.45, 7) is 5.19. The number of carbonyl (C=O) groups is 1. The second kappa shape index (κ2) is 8.97. The van der Waals surface area contributed by atoms with E-state index in [1.165, 1.54) is 0 Å². The summed E-state index contributed by atoms with van der Waals surface area (Å²) in [5.41, 5.74) is 0.638. The number of hydrogen-bond acceptors (Lipinski definition) is 3. The Morgan fingerprint density at radius 3 is 2.50 bits per heavy atom. The number of carbonyl (C=O) groups excluding carboxylic acids is 1. The van der Waals surface area contributed by atoms with Gasteiger partial charge in [0.2, 0.25) is 0 Å². The molecule has 0 aromatic heterocycles. The molecule has 0 saturated carbocycles. The number of hydrogen-bond donors (Lipinski definition) is 1. The summed E-state index contributed by atoms with van der Waals surface area (Å²) in [6.07, 6.45) is 0.958. The van der Waals surface area contributed by atoms with Gasteiger partial charge in [0.1, 0.15) is 5.75 Å². The minimum absolute atomic E-state index is 0.0711. The van der Waals surface area contributed by atoms with Crippen LogP contribution in [-0.4, -0.2) is 37.1 Å². The van der Waals surface area contributed by atoms with Crippen LogP contribution in [0, 0.1) is 0 Å². The highest BCUT2D eigenvalue weighted by Crippen LogP contribution is 2.13. The van der Waals surface area contributed by atoms with Crippen molar-refractivity contribution in [2.24, 2.45) is 0 Å². The van der Waals surface area contributed by atoms with E-state index in [1.54, 1.807) is 19.2 Å². The number of alkyl halides is 1. The molecule has 1 aromatic rings. The van der Waals surface area contributed by atoms with Crippen molar-refractivity contribution < 1.29 is 14.3 Å². The molecule has 1 atom stereocenters. The van der Waals surface area contributed by atoms with E-state index in [1.807, 2.05) is 26.0 Å². The first-order valence-corrected chi connectivity index (χ1v) is 7.62. The molecule has 1 unspecified atom stereocenters. The Balaban J connectivity index is 2.39. The molecule has 1 aromatic carbocycles. The summed E-state index contributed by atoms with van der Waals surface area (Å²) in [5, 5.41) is 2.88. The number of amides is 1. The number of rotatable bonds is 8. The Labute approximate surface area is 129 Å². The normalized spacial score (nSPS) is 12.2. The summed E-state index contributed by atoms with van der Waals surface area (Å²) in [4.78, 5) is 12.2. The quantitative estimate of drug-likeness (QED) is 0.738. The SMILES string of the molecule is COCC(Br)CCNC(=O)c1ccc(OC(C)C)cc1. The maximum atomic E-state index is 11.9. The van der Waals surface area contributed by atoms with Gasteiger partial charge < -0.3 is 14.8 Å². The average molecular weight is 344 g/mol. The lowest BCUT2D eigenvalue weighted by molar-refractivity contribution is 0.0952. The molecule has 1 rings (SSSR count). The van der Waals surface area contributed by atoms with E-state index in [0.717, 1.165) is 12.2 Å². The lowest BCUT2D eigenvalue weighted by Gasteiger charge is -2.11. The van der Waals surface area contributed by atoms with E-state index >= 15 is 0 Å². The Morgan fingerprint density at radius 2 is 1.95 bits per heavy atom. The zero-order chi connectivity index (χ0) is 15.0. The van der Waals surface area contributed by atoms with Gasteiger partial charge in [-0.3, -0.25) is 4.79 Å². The van der Waals surface area contributed by atoms with Gasteiger partial charge in [-0.05, 0) is 44.5 Å². The van der Waals surface area contributed by atoms with E-state index < -0.39 is 0 Å². The number of benzene rings is 1. The molecular weight excluding hydrogens is 322 g/mol. The summed E-state index contributed by atoms with van der Waals surface area (Å²) < 4.78 is 10.6. The van der Waals surface area contributed by atoms with E-state index in [-0.39, 0.29) is 16.8 Å². The van der Waals surface area contributed by atoms with Gasteiger partial charge in [0, 0.05) is 24.0 Å². The van der Waals surface area contributed by atoms with Gasteiger partial charge in [-0.1, -0.05) is 15.9 Å². The van der Waals surface area contributed by atoms with Crippen LogP contribution < -0.4 is 10.1 Å². The second-order valence-electron chi connectivity index (χ2n) is 4.79. The van der Waals surface area contributed by atoms with Crippen molar-refractivity contribution in [3.8, 4) is 5.75 Å². The summed E-state index contributed by atoms with van der Waals surface area (Å²) in [6, 6.07) is 7.17. The molecule has 0 aliphatic carbocycles. The lowest BCUT2D eigenvalue weighted by Crippen LogP contribution is -2.26. The van der Waals surface area contributed by atoms with Gasteiger partial charge in [0.25, 0.3) is 5.91 Å². The summed E-state index contributed by atoms with van der Waals surface area (Å²) in [5.74, 6) is 0.704. The Kier molecular flexibility index (Phi) is 7.62. The molecule has 0 fully saturated rings. The van der Waals surface area contributed by atoms with Crippen LogP contribution in [0.25, 0.3) is 0 Å². The molecule has 1 amide bonds. The number of ether oxygens (including phenoxy) is 2. The molecule has 0 aliphatic rings. The van der Waals surface area contributed by atoms with Crippen LogP contribution in [0.15, 0.2) is 24.3 Å². The monoisotopic (exact) mass is 343 g/mol. The van der Waals surface area contributed by atoms with Crippen LogP contribution in [0.5, 0.6) is 5.75 Å². The van der Waals surface area contributed by atoms with Crippen LogP contribution in [0.2, 0.25) is 0 Å². The third-order valence-electron chi connectivity index (χ3n) is 2.58. The van der Waals surface area contributed by atoms with E-state index in [4.69, 9.17) is 9.47 Å². The molecule has 0 aliphatic heterocycles. The minimum Gasteiger partial charge on any atom is -0.491 e. The molecule has 112 valence electrons. The van der Waals surface area contributed by atoms with Gasteiger partial charge in [-0.25, -0.2) is 0 Å². The van der Waals surface area contributed by atoms with Crippen LogP contribution in [0.4, 0.5) is 0 Å². The molecular formula is C15H22BrNO3. The van der Waals surface area contributed by atoms with Crippen molar-refractivity contribution in [2.75, 3.05) is 20.3 Å². The van der Waals surface area contributed by atoms with Crippen LogP contribution in [0.1, 0.15) is 30.6 Å². The summed E-state index contributed by atoms with van der Waals surface area (Å²) >= 11 is 3.48. The first kappa shape index (κ1) is 17.0. The van der Waals surface area contributed by atoms with Gasteiger partial charge >= 0.3 is 0 Å². The van der Waals surface area contributed by atoms with Crippen molar-refractivity contribution in [1.29, 1.82) is 0 Å². The van der Waals surface area contributed by atoms with E-state index in [0.29, 0.717) is 18.7 Å². The van der Waals surface area contributed by atoms with E-state index in [9.17, 15) is 4.79 Å². The minimum atomic E-state index is -0.0711. The third-order valence-corrected chi connectivity index (χ3v) is 3.30. The second-order valence-corrected chi connectivity index (χ2v) is 6.08. The molecule has 0 radical (unpaired) electrons. The van der Waals surface area contributed by atoms with Crippen LogP contribution in [0.3, 0.4) is 0 Å². The van der Waals surface area contributed by atoms with Gasteiger partial charge in [0.05, 0.1) is 12.7 Å². The summed E-state index contributed by atoms with van der Waals surface area (Å²) in [7, 11) is 1.66. The molecule has 20 heavy (non-hydrogen) atoms. The number of methoxy groups -OCH3 is 1. The van der Waals surface area contributed by atoms with Crippen molar-refractivity contribution in [2.45, 2.75) is 31.2 Å². The first-order chi connectivity index (χ1) is 9.52. The highest BCUT2D eigenvalue weighted by Gasteiger charge is 2.08.